The largest absolute Gasteiger partial charge is 0.269 e. The highest BCUT2D eigenvalue weighted by atomic mass is 27.2. The van der Waals surface area contributed by atoms with E-state index in [4.69, 9.17) is 0 Å². The zero-order valence-corrected chi connectivity index (χ0v) is 7.54. The van der Waals surface area contributed by atoms with Gasteiger partial charge in [-0.15, -0.1) is 11.6 Å². The second-order valence-corrected chi connectivity index (χ2v) is 6.27. The lowest BCUT2D eigenvalue weighted by atomic mass is 10.3. The van der Waals surface area contributed by atoms with E-state index in [9.17, 15) is 0 Å². The first-order valence-electron chi connectivity index (χ1n) is 3.57. The van der Waals surface area contributed by atoms with Crippen LogP contribution >= 0.6 is 0 Å². The Morgan fingerprint density at radius 3 is 2.33 bits per heavy atom. The zero-order chi connectivity index (χ0) is 6.85. The van der Waals surface area contributed by atoms with Gasteiger partial charge in [0.05, 0.1) is 0 Å². The van der Waals surface area contributed by atoms with Crippen LogP contribution in [0, 0.1) is 0 Å². The van der Waals surface area contributed by atoms with Crippen LogP contribution in [-0.4, -0.2) is 14.1 Å². The molecule has 0 N–H and O–H groups in total. The molecule has 0 fully saturated rings. The second-order valence-electron chi connectivity index (χ2n) is 3.07. The van der Waals surface area contributed by atoms with Gasteiger partial charge in [-0.1, -0.05) is 23.8 Å². The molecule has 48 valence electrons. The maximum absolute atomic E-state index is 2.40. The summed E-state index contributed by atoms with van der Waals surface area (Å²) in [4.78, 5) is 0. The van der Waals surface area contributed by atoms with Gasteiger partial charge in [0.25, 0.3) is 14.1 Å². The molecule has 0 aliphatic heterocycles. The molecule has 0 nitrogen and oxygen atoms in total. The first-order valence-corrected chi connectivity index (χ1v) is 6.54. The smallest absolute Gasteiger partial charge is 0.105 e. The summed E-state index contributed by atoms with van der Waals surface area (Å²) >= 11 is -0.436. The fraction of sp³-hybridized carbons (Fsp3) is 0.500. The van der Waals surface area contributed by atoms with Crippen LogP contribution in [0.4, 0.5) is 0 Å². The fourth-order valence-electron chi connectivity index (χ4n) is 1.34. The highest BCUT2D eigenvalue weighted by molar-refractivity contribution is 6.59. The van der Waals surface area contributed by atoms with E-state index in [0.717, 1.165) is 4.78 Å². The molecular formula is C8H13Al. The lowest BCUT2D eigenvalue weighted by Gasteiger charge is -2.08. The summed E-state index contributed by atoms with van der Waals surface area (Å²) in [5.41, 5.74) is 1.57. The summed E-state index contributed by atoms with van der Waals surface area (Å²) in [5, 5.41) is 0. The Hall–Kier alpha value is 0.0125. The Bertz CT molecular complexity index is 154. The minimum Gasteiger partial charge on any atom is -0.105 e. The summed E-state index contributed by atoms with van der Waals surface area (Å²) < 4.78 is 0.852. The van der Waals surface area contributed by atoms with Crippen molar-refractivity contribution in [2.24, 2.45) is 0 Å². The van der Waals surface area contributed by atoms with Gasteiger partial charge in [-0.25, -0.2) is 0 Å². The summed E-state index contributed by atoms with van der Waals surface area (Å²) in [6.45, 7) is 2.23. The monoisotopic (exact) mass is 136 g/mol. The number of allylic oxidation sites excluding steroid dienone is 4. The Balaban J connectivity index is 2.63. The van der Waals surface area contributed by atoms with Crippen molar-refractivity contribution in [1.29, 1.82) is 0 Å². The van der Waals surface area contributed by atoms with Crippen molar-refractivity contribution >= 4 is 14.1 Å². The van der Waals surface area contributed by atoms with Crippen LogP contribution in [0.15, 0.2) is 23.8 Å². The Morgan fingerprint density at radius 2 is 2.11 bits per heavy atom. The van der Waals surface area contributed by atoms with Crippen LogP contribution in [0.1, 0.15) is 6.92 Å². The van der Waals surface area contributed by atoms with Crippen LogP contribution in [-0.2, 0) is 0 Å². The Kier molecular flexibility index (Phi) is 2.16. The molecule has 0 spiro atoms. The van der Waals surface area contributed by atoms with Gasteiger partial charge in [0.2, 0.25) is 0 Å². The molecule has 0 heterocycles. The standard InChI is InChI=1S/C6H7.2CH3.Al/c1-6-4-2-3-5-6;;;/h2-5H,1H3;2*1H3;. The molecular weight excluding hydrogens is 123 g/mol. The van der Waals surface area contributed by atoms with Crippen molar-refractivity contribution < 1.29 is 0 Å². The van der Waals surface area contributed by atoms with Crippen molar-refractivity contribution in [3.05, 3.63) is 23.8 Å². The topological polar surface area (TPSA) is 0 Å². The van der Waals surface area contributed by atoms with Crippen molar-refractivity contribution in [3.8, 4) is 0 Å². The maximum atomic E-state index is 2.40. The molecule has 0 bridgehead atoms. The molecule has 1 heteroatoms. The van der Waals surface area contributed by atoms with E-state index in [1.165, 1.54) is 0 Å². The number of hydrogen-bond acceptors (Lipinski definition) is 0. The molecule has 0 aromatic rings. The van der Waals surface area contributed by atoms with Crippen LogP contribution in [0.5, 0.6) is 0 Å². The van der Waals surface area contributed by atoms with E-state index in [1.807, 2.05) is 0 Å². The Morgan fingerprint density at radius 1 is 1.44 bits per heavy atom. The highest BCUT2D eigenvalue weighted by Gasteiger charge is 2.18. The number of hydrogen-bond donors (Lipinski definition) is 0. The molecule has 0 saturated carbocycles. The van der Waals surface area contributed by atoms with E-state index >= 15 is 0 Å². The minimum atomic E-state index is -0.436. The molecule has 0 aromatic carbocycles. The third-order valence-electron chi connectivity index (χ3n) is 1.92. The molecule has 0 radical (unpaired) electrons. The zero-order valence-electron chi connectivity index (χ0n) is 6.39. The van der Waals surface area contributed by atoms with Gasteiger partial charge in [-0.3, -0.25) is 0 Å². The van der Waals surface area contributed by atoms with E-state index in [2.05, 4.69) is 36.7 Å². The van der Waals surface area contributed by atoms with Gasteiger partial charge in [0.15, 0.2) is 0 Å². The average molecular weight is 136 g/mol. The summed E-state index contributed by atoms with van der Waals surface area (Å²) in [5.74, 6) is 4.80. The lowest BCUT2D eigenvalue weighted by Crippen LogP contribution is -2.08. The molecule has 0 aromatic heterocycles. The summed E-state index contributed by atoms with van der Waals surface area (Å²) in [7, 11) is 0. The van der Waals surface area contributed by atoms with Crippen molar-refractivity contribution in [1.82, 2.24) is 0 Å². The molecule has 9 heavy (non-hydrogen) atoms. The predicted molar refractivity (Wildman–Crippen MR) is 44.1 cm³/mol. The van der Waals surface area contributed by atoms with Crippen LogP contribution in [0.3, 0.4) is 0 Å². The first kappa shape index (κ1) is 7.12. The van der Waals surface area contributed by atoms with Crippen molar-refractivity contribution in [3.63, 3.8) is 0 Å². The van der Waals surface area contributed by atoms with E-state index in [-0.39, 0.29) is 0 Å². The quantitative estimate of drug-likeness (QED) is 0.486. The Labute approximate surface area is 61.7 Å². The highest BCUT2D eigenvalue weighted by Crippen LogP contribution is 2.27. The first-order chi connectivity index (χ1) is 4.22. The minimum absolute atomic E-state index is 0.436. The van der Waals surface area contributed by atoms with Crippen LogP contribution < -0.4 is 0 Å². The van der Waals surface area contributed by atoms with E-state index in [0.29, 0.717) is 0 Å². The lowest BCUT2D eigenvalue weighted by molar-refractivity contribution is 1.20. The predicted octanol–water partition coefficient (Wildman–Crippen LogP) is 2.63. The SMILES string of the molecule is CC1=CC=C[CH]1[Al]([CH3])[CH3]. The molecule has 1 aliphatic rings. The molecule has 1 unspecified atom stereocenters. The molecule has 0 amide bonds. The van der Waals surface area contributed by atoms with Gasteiger partial charge in [-0.05, 0) is 11.7 Å². The van der Waals surface area contributed by atoms with Gasteiger partial charge < -0.3 is 0 Å². The third-order valence-corrected chi connectivity index (χ3v) is 4.11. The van der Waals surface area contributed by atoms with Crippen LogP contribution in [0.25, 0.3) is 0 Å². The summed E-state index contributed by atoms with van der Waals surface area (Å²) in [6.07, 6.45) is 6.76. The van der Waals surface area contributed by atoms with E-state index in [1.54, 1.807) is 5.57 Å². The second kappa shape index (κ2) is 2.73. The molecule has 0 saturated heterocycles. The van der Waals surface area contributed by atoms with Gasteiger partial charge in [-0.2, -0.15) is 0 Å². The third kappa shape index (κ3) is 1.48. The maximum Gasteiger partial charge on any atom is 0.269 e. The number of rotatable bonds is 1. The van der Waals surface area contributed by atoms with Gasteiger partial charge in [0.1, 0.15) is 0 Å². The van der Waals surface area contributed by atoms with Crippen molar-refractivity contribution in [2.45, 2.75) is 23.3 Å². The van der Waals surface area contributed by atoms with Crippen LogP contribution in [0.2, 0.25) is 16.4 Å². The normalized spacial score (nSPS) is 24.3. The van der Waals surface area contributed by atoms with E-state index < -0.39 is 14.1 Å². The van der Waals surface area contributed by atoms with Gasteiger partial charge >= 0.3 is 0 Å². The van der Waals surface area contributed by atoms with Crippen molar-refractivity contribution in [2.75, 3.05) is 0 Å². The average Bonchev–Trinajstić information content (AvgIpc) is 2.13. The summed E-state index contributed by atoms with van der Waals surface area (Å²) in [6, 6.07) is 0. The molecule has 1 rings (SSSR count). The molecule has 1 atom stereocenters. The molecule has 1 aliphatic carbocycles. The van der Waals surface area contributed by atoms with Gasteiger partial charge in [0, 0.05) is 0 Å². The fourth-order valence-corrected chi connectivity index (χ4v) is 3.07.